The number of carboxylic acids is 1. The molecule has 1 aliphatic rings. The first kappa shape index (κ1) is 23.4. The van der Waals surface area contributed by atoms with E-state index < -0.39 is 5.97 Å². The molecule has 0 bridgehead atoms. The second-order valence-electron chi connectivity index (χ2n) is 8.67. The molecule has 2 aromatic carbocycles. The van der Waals surface area contributed by atoms with Gasteiger partial charge in [0.15, 0.2) is 0 Å². The van der Waals surface area contributed by atoms with Gasteiger partial charge in [0.2, 0.25) is 0 Å². The molecule has 0 saturated heterocycles. The highest BCUT2D eigenvalue weighted by molar-refractivity contribution is 5.98. The number of carbonyl (C=O) groups is 3. The van der Waals surface area contributed by atoms with E-state index >= 15 is 0 Å². The van der Waals surface area contributed by atoms with Gasteiger partial charge in [-0.05, 0) is 74.2 Å². The summed E-state index contributed by atoms with van der Waals surface area (Å²) in [6, 6.07) is 14.4. The van der Waals surface area contributed by atoms with Gasteiger partial charge in [0, 0.05) is 48.4 Å². The van der Waals surface area contributed by atoms with Crippen molar-refractivity contribution in [2.45, 2.75) is 31.8 Å². The van der Waals surface area contributed by atoms with Crippen molar-refractivity contribution in [1.82, 2.24) is 15.2 Å². The lowest BCUT2D eigenvalue weighted by molar-refractivity contribution is -0.143. The Labute approximate surface area is 197 Å². The van der Waals surface area contributed by atoms with Crippen LogP contribution in [0.5, 0.6) is 5.75 Å². The van der Waals surface area contributed by atoms with Crippen molar-refractivity contribution in [3.8, 4) is 5.75 Å². The summed E-state index contributed by atoms with van der Waals surface area (Å²) in [6.07, 6.45) is 4.62. The number of amides is 2. The van der Waals surface area contributed by atoms with Crippen LogP contribution in [0.1, 0.15) is 46.4 Å². The van der Waals surface area contributed by atoms with E-state index in [2.05, 4.69) is 10.6 Å². The van der Waals surface area contributed by atoms with E-state index in [0.717, 1.165) is 10.9 Å². The quantitative estimate of drug-likeness (QED) is 0.444. The first-order valence-electron chi connectivity index (χ1n) is 11.5. The summed E-state index contributed by atoms with van der Waals surface area (Å²) in [4.78, 5) is 35.8. The lowest BCUT2D eigenvalue weighted by Gasteiger charge is -2.26. The van der Waals surface area contributed by atoms with Crippen LogP contribution in [0.15, 0.2) is 54.7 Å². The zero-order valence-electron chi connectivity index (χ0n) is 19.1. The third-order valence-corrected chi connectivity index (χ3v) is 6.29. The van der Waals surface area contributed by atoms with Gasteiger partial charge < -0.3 is 25.0 Å². The van der Waals surface area contributed by atoms with Crippen molar-refractivity contribution in [2.24, 2.45) is 13.0 Å². The molecule has 4 rings (SSSR count). The number of hydrogen-bond acceptors (Lipinski definition) is 4. The van der Waals surface area contributed by atoms with Gasteiger partial charge in [-0.25, -0.2) is 0 Å². The maximum absolute atomic E-state index is 12.4. The summed E-state index contributed by atoms with van der Waals surface area (Å²) in [7, 11) is 1.96. The molecule has 0 aliphatic heterocycles. The Bertz CT molecular complexity index is 1180. The number of ether oxygens (including phenoxy) is 1. The highest BCUT2D eigenvalue weighted by Gasteiger charge is 2.26. The number of fused-ring (bicyclic) bond motifs is 1. The molecular formula is C26H29N3O5. The molecule has 0 spiro atoms. The number of aromatic nitrogens is 1. The number of nitrogens with one attached hydrogen (secondary N) is 2. The van der Waals surface area contributed by atoms with E-state index in [1.165, 1.54) is 0 Å². The number of aryl methyl sites for hydroxylation is 1. The summed E-state index contributed by atoms with van der Waals surface area (Å²) in [5.41, 5.74) is 2.14. The third-order valence-electron chi connectivity index (χ3n) is 6.29. The van der Waals surface area contributed by atoms with Crippen LogP contribution in [0, 0.1) is 5.92 Å². The summed E-state index contributed by atoms with van der Waals surface area (Å²) in [5, 5.41) is 15.7. The zero-order chi connectivity index (χ0) is 24.1. The van der Waals surface area contributed by atoms with E-state index in [1.54, 1.807) is 30.3 Å². The SMILES string of the molecule is Cn1ccc2cc(C(=O)NCCNC(=O)c3ccc(OC4CCC(C(=O)O)CC4)cc3)ccc21. The van der Waals surface area contributed by atoms with E-state index in [1.807, 2.05) is 36.0 Å². The minimum atomic E-state index is -0.734. The molecule has 3 N–H and O–H groups in total. The molecule has 1 fully saturated rings. The summed E-state index contributed by atoms with van der Waals surface area (Å²) >= 11 is 0. The fraction of sp³-hybridized carbons (Fsp3) is 0.346. The molecule has 1 saturated carbocycles. The molecule has 178 valence electrons. The van der Waals surface area contributed by atoms with Crippen molar-refractivity contribution in [2.75, 3.05) is 13.1 Å². The molecule has 8 nitrogen and oxygen atoms in total. The van der Waals surface area contributed by atoms with Crippen LogP contribution in [-0.2, 0) is 11.8 Å². The van der Waals surface area contributed by atoms with Gasteiger partial charge in [0.1, 0.15) is 5.75 Å². The number of rotatable bonds is 8. The number of hydrogen-bond donors (Lipinski definition) is 3. The van der Waals surface area contributed by atoms with E-state index in [0.29, 0.717) is 55.6 Å². The van der Waals surface area contributed by atoms with Crippen molar-refractivity contribution in [3.63, 3.8) is 0 Å². The average molecular weight is 464 g/mol. The average Bonchev–Trinajstić information content (AvgIpc) is 3.22. The smallest absolute Gasteiger partial charge is 0.306 e. The van der Waals surface area contributed by atoms with Gasteiger partial charge >= 0.3 is 5.97 Å². The molecule has 1 aromatic heterocycles. The summed E-state index contributed by atoms with van der Waals surface area (Å²) in [6.45, 7) is 0.626. The van der Waals surface area contributed by atoms with Crippen molar-refractivity contribution >= 4 is 28.7 Å². The first-order valence-corrected chi connectivity index (χ1v) is 11.5. The second kappa shape index (κ2) is 10.4. The minimum Gasteiger partial charge on any atom is -0.490 e. The van der Waals surface area contributed by atoms with Gasteiger partial charge in [-0.1, -0.05) is 0 Å². The Kier molecular flexibility index (Phi) is 7.15. The van der Waals surface area contributed by atoms with Crippen LogP contribution in [-0.4, -0.2) is 46.7 Å². The maximum atomic E-state index is 12.4. The molecule has 0 unspecified atom stereocenters. The van der Waals surface area contributed by atoms with Gasteiger partial charge in [-0.2, -0.15) is 0 Å². The molecular weight excluding hydrogens is 434 g/mol. The summed E-state index contributed by atoms with van der Waals surface area (Å²) in [5.74, 6) is -0.754. The minimum absolute atomic E-state index is 0.00138. The van der Waals surface area contributed by atoms with Gasteiger partial charge in [0.05, 0.1) is 12.0 Å². The normalized spacial score (nSPS) is 17.8. The Hall–Kier alpha value is -3.81. The predicted molar refractivity (Wildman–Crippen MR) is 128 cm³/mol. The van der Waals surface area contributed by atoms with Crippen molar-refractivity contribution in [3.05, 3.63) is 65.9 Å². The highest BCUT2D eigenvalue weighted by atomic mass is 16.5. The predicted octanol–water partition coefficient (Wildman–Crippen LogP) is 3.36. The molecule has 1 aliphatic carbocycles. The van der Waals surface area contributed by atoms with Crippen molar-refractivity contribution < 1.29 is 24.2 Å². The molecule has 2 amide bonds. The van der Waals surface area contributed by atoms with Crippen LogP contribution in [0.3, 0.4) is 0 Å². The van der Waals surface area contributed by atoms with Crippen LogP contribution >= 0.6 is 0 Å². The Morgan fingerprint density at radius 3 is 2.18 bits per heavy atom. The summed E-state index contributed by atoms with van der Waals surface area (Å²) < 4.78 is 7.94. The van der Waals surface area contributed by atoms with Crippen LogP contribution in [0.25, 0.3) is 10.9 Å². The van der Waals surface area contributed by atoms with Gasteiger partial charge in [0.25, 0.3) is 11.8 Å². The zero-order valence-corrected chi connectivity index (χ0v) is 19.1. The highest BCUT2D eigenvalue weighted by Crippen LogP contribution is 2.28. The Morgan fingerprint density at radius 1 is 0.912 bits per heavy atom. The topological polar surface area (TPSA) is 110 Å². The Balaban J connectivity index is 1.19. The standard InChI is InChI=1S/C26H29N3O5/c1-29-15-12-19-16-20(6-11-23(19)29)25(31)28-14-13-27-24(30)17-2-7-21(8-3-17)34-22-9-4-18(5-10-22)26(32)33/h2-3,6-8,11-12,15-16,18,22H,4-5,9-10,13-14H2,1H3,(H,27,30)(H,28,31)(H,32,33). The first-order chi connectivity index (χ1) is 16.4. The van der Waals surface area contributed by atoms with E-state index in [9.17, 15) is 14.4 Å². The number of aliphatic carboxylic acids is 1. The number of carboxylic acid groups (broad SMARTS) is 1. The molecule has 3 aromatic rings. The largest absolute Gasteiger partial charge is 0.490 e. The number of benzene rings is 2. The van der Waals surface area contributed by atoms with Crippen LogP contribution < -0.4 is 15.4 Å². The molecule has 1 heterocycles. The maximum Gasteiger partial charge on any atom is 0.306 e. The van der Waals surface area contributed by atoms with Crippen LogP contribution in [0.4, 0.5) is 0 Å². The molecule has 8 heteroatoms. The Morgan fingerprint density at radius 2 is 1.53 bits per heavy atom. The van der Waals surface area contributed by atoms with Crippen molar-refractivity contribution in [1.29, 1.82) is 0 Å². The lowest BCUT2D eigenvalue weighted by Crippen LogP contribution is -2.34. The molecule has 0 radical (unpaired) electrons. The van der Waals surface area contributed by atoms with E-state index in [-0.39, 0.29) is 23.8 Å². The fourth-order valence-electron chi connectivity index (χ4n) is 4.28. The second-order valence-corrected chi connectivity index (χ2v) is 8.67. The lowest BCUT2D eigenvalue weighted by atomic mass is 9.87. The van der Waals surface area contributed by atoms with Gasteiger partial charge in [-0.3, -0.25) is 14.4 Å². The third kappa shape index (κ3) is 5.57. The number of carbonyl (C=O) groups excluding carboxylic acids is 2. The monoisotopic (exact) mass is 463 g/mol. The van der Waals surface area contributed by atoms with Crippen LogP contribution in [0.2, 0.25) is 0 Å². The van der Waals surface area contributed by atoms with E-state index in [4.69, 9.17) is 9.84 Å². The van der Waals surface area contributed by atoms with Gasteiger partial charge in [-0.15, -0.1) is 0 Å². The fourth-order valence-corrected chi connectivity index (χ4v) is 4.28. The molecule has 34 heavy (non-hydrogen) atoms. The molecule has 0 atom stereocenters. The number of nitrogens with zero attached hydrogens (tertiary/aromatic N) is 1.